The number of hydrogen-bond donors (Lipinski definition) is 15. The van der Waals surface area contributed by atoms with E-state index in [9.17, 15) is 81.4 Å². The molecule has 0 aromatic rings. The van der Waals surface area contributed by atoms with Crippen molar-refractivity contribution in [2.75, 3.05) is 39.6 Å². The van der Waals surface area contributed by atoms with Gasteiger partial charge in [-0.05, 0) is 87.4 Å². The Morgan fingerprint density at radius 2 is 1.18 bits per heavy atom. The molecule has 0 bridgehead atoms. The summed E-state index contributed by atoms with van der Waals surface area (Å²) in [5.41, 5.74) is 0.0358. The Balaban J connectivity index is 0.862. The minimum Gasteiger partial charge on any atom is -0.396 e. The molecule has 8 fully saturated rings. The third-order valence-electron chi connectivity index (χ3n) is 22.2. The van der Waals surface area contributed by atoms with Crippen molar-refractivity contribution in [2.24, 2.45) is 33.5 Å². The summed E-state index contributed by atoms with van der Waals surface area (Å²) in [5.74, 6) is 0.0203. The highest BCUT2D eigenvalue weighted by Crippen LogP contribution is 2.75. The number of rotatable bonds is 16. The van der Waals surface area contributed by atoms with Gasteiger partial charge in [0.25, 0.3) is 0 Å². The van der Waals surface area contributed by atoms with Gasteiger partial charge in [0.15, 0.2) is 37.2 Å². The lowest BCUT2D eigenvalue weighted by molar-refractivity contribution is -0.404. The molecule has 0 aromatic carbocycles. The number of carbonyl (C=O) groups is 1. The first-order valence-electron chi connectivity index (χ1n) is 30.1. The summed E-state index contributed by atoms with van der Waals surface area (Å²) >= 11 is 0. The van der Waals surface area contributed by atoms with E-state index in [0.29, 0.717) is 38.5 Å². The Morgan fingerprint density at radius 3 is 1.85 bits per heavy atom. The quantitative estimate of drug-likeness (QED) is 0.0655. The zero-order valence-corrected chi connectivity index (χ0v) is 48.5. The van der Waals surface area contributed by atoms with E-state index in [2.05, 4.69) is 27.7 Å². The largest absolute Gasteiger partial charge is 0.396 e. The molecular formula is C57H92O27. The molecule has 2 saturated carbocycles. The number of allylic oxidation sites excluding steroid dienone is 2. The minimum absolute atomic E-state index is 0.134. The molecule has 27 heteroatoms. The first-order valence-corrected chi connectivity index (χ1v) is 30.1. The number of ketones is 1. The fourth-order valence-electron chi connectivity index (χ4n) is 16.9. The topological polar surface area (TPSA) is 422 Å². The number of ether oxygens (including phenoxy) is 11. The normalized spacial score (nSPS) is 53.1. The van der Waals surface area contributed by atoms with Gasteiger partial charge in [0.1, 0.15) is 110 Å². The van der Waals surface area contributed by atoms with Crippen LogP contribution in [0.1, 0.15) is 106 Å². The van der Waals surface area contributed by atoms with E-state index in [4.69, 9.17) is 52.1 Å². The SMILES string of the molecule is CCC(=O)[C@@H]1C[C@@H](C)[C@]2(CC[C@@]3(C)C4=C(CC[C@@]32C)[C@@]2(C)CC[C@H](O[C@@H]3O[C@H](CO[C@@H]5OC[C@H](O)[C@H](O)[C@H]5O[C@@H]5O[C@H](CO)[C@@H](O)[C@H](O[C@@H]6OC[C@@H](O)[C@H](O)[C@H]6O)[C@H]5O[C@@H]5O[C@@H](C)[C@H](O)[C@@H](O)[C@H]5O)[C@@H](O)[C@H](O)[C@H]3O)C(CO)(CO)[C@@H]2CC4)O1. The van der Waals surface area contributed by atoms with E-state index in [0.717, 1.165) is 25.7 Å². The fourth-order valence-corrected chi connectivity index (χ4v) is 16.9. The van der Waals surface area contributed by atoms with Crippen molar-refractivity contribution in [3.63, 3.8) is 0 Å². The molecule has 6 heterocycles. The number of carbonyl (C=O) groups excluding carboxylic acids is 1. The third kappa shape index (κ3) is 10.6. The van der Waals surface area contributed by atoms with Crippen molar-refractivity contribution in [3.8, 4) is 0 Å². The number of aliphatic hydroxyl groups is 15. The molecule has 15 N–H and O–H groups in total. The zero-order chi connectivity index (χ0) is 60.9. The Kier molecular flexibility index (Phi) is 19.3. The Morgan fingerprint density at radius 1 is 0.571 bits per heavy atom. The molecule has 31 atom stereocenters. The fraction of sp³-hybridized carbons (Fsp3) is 0.947. The van der Waals surface area contributed by atoms with E-state index in [1.54, 1.807) is 0 Å². The lowest BCUT2D eigenvalue weighted by Crippen LogP contribution is -2.67. The Labute approximate surface area is 487 Å². The summed E-state index contributed by atoms with van der Waals surface area (Å²) in [7, 11) is 0. The highest BCUT2D eigenvalue weighted by atomic mass is 16.8. The number of hydrogen-bond acceptors (Lipinski definition) is 27. The number of fused-ring (bicyclic) bond motifs is 5. The van der Waals surface area contributed by atoms with Gasteiger partial charge in [0, 0.05) is 17.3 Å². The van der Waals surface area contributed by atoms with Crippen LogP contribution in [0, 0.1) is 33.5 Å². The second-order valence-corrected chi connectivity index (χ2v) is 26.4. The predicted molar refractivity (Wildman–Crippen MR) is 281 cm³/mol. The van der Waals surface area contributed by atoms with Gasteiger partial charge < -0.3 is 129 Å². The molecule has 10 aliphatic rings. The van der Waals surface area contributed by atoms with Gasteiger partial charge in [-0.2, -0.15) is 0 Å². The van der Waals surface area contributed by atoms with Crippen LogP contribution in [0.4, 0.5) is 0 Å². The Hall–Kier alpha value is -1.63. The van der Waals surface area contributed by atoms with E-state index < -0.39 is 210 Å². The van der Waals surface area contributed by atoms with Crippen molar-refractivity contribution in [1.29, 1.82) is 0 Å². The number of Topliss-reactive ketones (excluding diaryl/α,β-unsaturated/α-hetero) is 1. The molecule has 27 nitrogen and oxygen atoms in total. The van der Waals surface area contributed by atoms with Crippen LogP contribution >= 0.6 is 0 Å². The van der Waals surface area contributed by atoms with Crippen LogP contribution in [0.5, 0.6) is 0 Å². The van der Waals surface area contributed by atoms with Gasteiger partial charge in [-0.25, -0.2) is 0 Å². The lowest BCUT2D eigenvalue weighted by atomic mass is 9.42. The highest BCUT2D eigenvalue weighted by molar-refractivity contribution is 5.83. The molecule has 0 unspecified atom stereocenters. The van der Waals surface area contributed by atoms with Crippen LogP contribution in [0.25, 0.3) is 0 Å². The summed E-state index contributed by atoms with van der Waals surface area (Å²) in [4.78, 5) is 13.0. The monoisotopic (exact) mass is 1210 g/mol. The van der Waals surface area contributed by atoms with E-state index >= 15 is 0 Å². The zero-order valence-electron chi connectivity index (χ0n) is 48.5. The Bertz CT molecular complexity index is 2310. The summed E-state index contributed by atoms with van der Waals surface area (Å²) in [6, 6.07) is 0. The van der Waals surface area contributed by atoms with Gasteiger partial charge in [-0.1, -0.05) is 45.8 Å². The van der Waals surface area contributed by atoms with Gasteiger partial charge in [-0.15, -0.1) is 0 Å². The molecule has 6 saturated heterocycles. The molecule has 0 radical (unpaired) electrons. The maximum Gasteiger partial charge on any atom is 0.187 e. The summed E-state index contributed by atoms with van der Waals surface area (Å²) in [6.07, 6.45) is -35.4. The maximum absolute atomic E-state index is 13.0. The minimum atomic E-state index is -1.98. The average molecular weight is 1210 g/mol. The number of aliphatic hydroxyl groups excluding tert-OH is 15. The van der Waals surface area contributed by atoms with E-state index in [1.807, 2.05) is 6.92 Å². The molecule has 1 spiro atoms. The van der Waals surface area contributed by atoms with Gasteiger partial charge in [0.05, 0.1) is 57.5 Å². The van der Waals surface area contributed by atoms with Crippen molar-refractivity contribution < 1.29 is 133 Å². The van der Waals surface area contributed by atoms with Crippen molar-refractivity contribution >= 4 is 5.78 Å². The van der Waals surface area contributed by atoms with Crippen LogP contribution in [-0.2, 0) is 56.9 Å². The van der Waals surface area contributed by atoms with Crippen molar-refractivity contribution in [2.45, 2.75) is 265 Å². The molecule has 4 aliphatic carbocycles. The summed E-state index contributed by atoms with van der Waals surface area (Å²) in [5, 5.41) is 165. The highest BCUT2D eigenvalue weighted by Gasteiger charge is 2.72. The summed E-state index contributed by atoms with van der Waals surface area (Å²) < 4.78 is 67.0. The molecule has 482 valence electrons. The van der Waals surface area contributed by atoms with E-state index in [1.165, 1.54) is 18.1 Å². The van der Waals surface area contributed by atoms with Crippen molar-refractivity contribution in [3.05, 3.63) is 11.1 Å². The van der Waals surface area contributed by atoms with Crippen LogP contribution in [-0.4, -0.2) is 281 Å². The first-order chi connectivity index (χ1) is 39.7. The van der Waals surface area contributed by atoms with Crippen LogP contribution < -0.4 is 0 Å². The molecule has 0 aromatic heterocycles. The van der Waals surface area contributed by atoms with Gasteiger partial charge in [0.2, 0.25) is 0 Å². The molecule has 10 rings (SSSR count). The molecule has 6 aliphatic heterocycles. The summed E-state index contributed by atoms with van der Waals surface area (Å²) in [6.45, 7) is 8.64. The van der Waals surface area contributed by atoms with Crippen LogP contribution in [0.3, 0.4) is 0 Å². The van der Waals surface area contributed by atoms with Crippen molar-refractivity contribution in [1.82, 2.24) is 0 Å². The molecule has 84 heavy (non-hydrogen) atoms. The third-order valence-corrected chi connectivity index (χ3v) is 22.2. The van der Waals surface area contributed by atoms with Gasteiger partial charge >= 0.3 is 0 Å². The predicted octanol–water partition coefficient (Wildman–Crippen LogP) is -4.01. The standard InChI is InChI=1S/C57H92O27/c1-7-27(61)30-16-23(2)57(84-30)15-14-54(5)26-8-9-33-53(4,25(26)10-13-55(54,57)6)12-11-34(56(33,21-59)22-60)80-50-44(73)41(70)38(67)32(79-50)20-76-51-46(37(66)29(63)19-75-51)82-52-47(83-49-43(72)40(69)35(64)24(3)77-49)45(39(68)31(17-58)78-52)81-48-42(71)36(65)28(62)18-74-48/h23-24,28-52,58-60,62-73H,7-22H2,1-6H3/t23-,24+,28-,29+,30+,31-,32-,33-,34+,35+,36+,37+,38-,39-,40-,41+,42-,43-,44-,45+,46-,47-,48+,49+,50+,51+,52+,53-,54+,55+,57+/m1/s1. The van der Waals surface area contributed by atoms with E-state index in [-0.39, 0.29) is 28.4 Å². The second kappa shape index (κ2) is 24.9. The second-order valence-electron chi connectivity index (χ2n) is 26.4. The first kappa shape index (κ1) is 65.3. The van der Waals surface area contributed by atoms with Crippen LogP contribution in [0.15, 0.2) is 11.1 Å². The lowest BCUT2D eigenvalue weighted by Gasteiger charge is -2.64. The maximum atomic E-state index is 13.0. The smallest absolute Gasteiger partial charge is 0.187 e. The average Bonchev–Trinajstić information content (AvgIpc) is 1.44. The van der Waals surface area contributed by atoms with Gasteiger partial charge in [-0.3, -0.25) is 4.79 Å². The van der Waals surface area contributed by atoms with Crippen LogP contribution in [0.2, 0.25) is 0 Å². The molecular weight excluding hydrogens is 1120 g/mol. The molecule has 0 amide bonds.